The second-order valence-corrected chi connectivity index (χ2v) is 12.0. The van der Waals surface area contributed by atoms with Gasteiger partial charge < -0.3 is 24.8 Å². The maximum atomic E-state index is 2.45. The van der Waals surface area contributed by atoms with Gasteiger partial charge in [-0.3, -0.25) is 0 Å². The number of aryl methyl sites for hydroxylation is 1. The molecule has 0 unspecified atom stereocenters. The Morgan fingerprint density at radius 3 is 2.25 bits per heavy atom. The molecule has 126 valence electrons. The van der Waals surface area contributed by atoms with Gasteiger partial charge in [0.1, 0.15) is 0 Å². The van der Waals surface area contributed by atoms with E-state index in [1.807, 2.05) is 6.56 Å². The van der Waals surface area contributed by atoms with E-state index in [9.17, 15) is 0 Å². The summed E-state index contributed by atoms with van der Waals surface area (Å²) in [6.45, 7) is 9.24. The van der Waals surface area contributed by atoms with Crippen LogP contribution in [0, 0.1) is 6.92 Å². The molecule has 0 atom stereocenters. The predicted octanol–water partition coefficient (Wildman–Crippen LogP) is -1.93. The van der Waals surface area contributed by atoms with Gasteiger partial charge >= 0.3 is 149 Å². The van der Waals surface area contributed by atoms with Crippen molar-refractivity contribution in [1.29, 1.82) is 0 Å². The van der Waals surface area contributed by atoms with Crippen molar-refractivity contribution >= 4 is 14.7 Å². The molecule has 0 N–H and O–H groups in total. The van der Waals surface area contributed by atoms with Crippen molar-refractivity contribution in [3.63, 3.8) is 0 Å². The first-order valence-corrected chi connectivity index (χ1v) is 12.0. The Kier molecular flexibility index (Phi) is 8.70. The van der Waals surface area contributed by atoms with E-state index >= 15 is 0 Å². The summed E-state index contributed by atoms with van der Waals surface area (Å²) in [6.07, 6.45) is 7.38. The van der Waals surface area contributed by atoms with Crippen LogP contribution in [0.1, 0.15) is 39.2 Å². The summed E-state index contributed by atoms with van der Waals surface area (Å²) < 4.78 is 3.68. The van der Waals surface area contributed by atoms with Gasteiger partial charge in [0.05, 0.1) is 0 Å². The summed E-state index contributed by atoms with van der Waals surface area (Å²) in [6, 6.07) is 8.98. The van der Waals surface area contributed by atoms with Gasteiger partial charge in [0.25, 0.3) is 0 Å². The second-order valence-electron chi connectivity index (χ2n) is 6.52. The largest absolute Gasteiger partial charge is 1.00 e. The normalized spacial score (nSPS) is 16.8. The summed E-state index contributed by atoms with van der Waals surface area (Å²) in [4.78, 5) is 0. The molecule has 4 heteroatoms. The van der Waals surface area contributed by atoms with Crippen molar-refractivity contribution in [2.24, 2.45) is 0 Å². The van der Waals surface area contributed by atoms with Crippen LogP contribution in [-0.2, 0) is 23.2 Å². The zero-order valence-corrected chi connectivity index (χ0v) is 20.2. The molecule has 2 aliphatic carbocycles. The second kappa shape index (κ2) is 9.53. The van der Waals surface area contributed by atoms with E-state index in [0.717, 1.165) is 0 Å². The van der Waals surface area contributed by atoms with Crippen molar-refractivity contribution in [3.8, 4) is 0 Å². The Morgan fingerprint density at radius 1 is 0.917 bits per heavy atom. The van der Waals surface area contributed by atoms with Crippen LogP contribution in [-0.4, -0.2) is 9.52 Å². The molecule has 0 fully saturated rings. The Balaban J connectivity index is 0.00000144. The number of hydrogen-bond donors (Lipinski definition) is 0. The minimum Gasteiger partial charge on any atom is -1.00 e. The van der Waals surface area contributed by atoms with E-state index in [1.54, 1.807) is 27.1 Å². The molecule has 3 rings (SSSR count). The van der Waals surface area contributed by atoms with Crippen LogP contribution < -0.4 is 30.0 Å². The third kappa shape index (κ3) is 4.73. The fourth-order valence-electron chi connectivity index (χ4n) is 3.26. The van der Waals surface area contributed by atoms with E-state index in [2.05, 4.69) is 64.1 Å². The van der Waals surface area contributed by atoms with E-state index in [1.165, 1.54) is 18.4 Å². The number of allylic oxidation sites excluding steroid dienone is 8. The topological polar surface area (TPSA) is 0 Å². The van der Waals surface area contributed by atoms with Gasteiger partial charge in [-0.25, -0.2) is 0 Å². The van der Waals surface area contributed by atoms with Crippen molar-refractivity contribution in [2.45, 2.75) is 40.5 Å². The fraction of sp³-hybridized carbons (Fsp3) is 0.300. The van der Waals surface area contributed by atoms with E-state index < -0.39 is 23.2 Å². The average molecular weight is 455 g/mol. The number of rotatable bonds is 4. The van der Waals surface area contributed by atoms with Gasteiger partial charge in [0.2, 0.25) is 0 Å². The van der Waals surface area contributed by atoms with E-state index in [-0.39, 0.29) is 34.3 Å². The number of halogens is 2. The third-order valence-electron chi connectivity index (χ3n) is 5.07. The van der Waals surface area contributed by atoms with Crippen molar-refractivity contribution in [1.82, 2.24) is 0 Å². The summed E-state index contributed by atoms with van der Waals surface area (Å²) in [5.74, 6) is 0. The molecule has 0 nitrogen and oxygen atoms in total. The fourth-order valence-corrected chi connectivity index (χ4v) is 9.96. The Bertz CT molecular complexity index is 742. The van der Waals surface area contributed by atoms with Gasteiger partial charge in [-0.05, 0) is 0 Å². The minimum absolute atomic E-state index is 0. The van der Waals surface area contributed by atoms with Crippen LogP contribution in [0.2, 0.25) is 0 Å². The monoisotopic (exact) mass is 452 g/mol. The van der Waals surface area contributed by atoms with E-state index in [4.69, 9.17) is 0 Å². The first-order valence-electron chi connectivity index (χ1n) is 8.13. The first-order chi connectivity index (χ1) is 10.6. The molecule has 0 saturated carbocycles. The van der Waals surface area contributed by atoms with Gasteiger partial charge in [-0.1, -0.05) is 0 Å². The zero-order chi connectivity index (χ0) is 15.7. The summed E-state index contributed by atoms with van der Waals surface area (Å²) in [5.41, 5.74) is 6.29. The zero-order valence-electron chi connectivity index (χ0n) is 14.8. The first kappa shape index (κ1) is 21.9. The van der Waals surface area contributed by atoms with Crippen LogP contribution in [0.25, 0.3) is 0 Å². The van der Waals surface area contributed by atoms with Crippen molar-refractivity contribution in [2.75, 3.05) is 0 Å². The predicted molar refractivity (Wildman–Crippen MR) is 95.8 cm³/mol. The van der Waals surface area contributed by atoms with Crippen molar-refractivity contribution < 1.29 is 48.0 Å². The molecule has 0 bridgehead atoms. The van der Waals surface area contributed by atoms with Gasteiger partial charge in [-0.2, -0.15) is 0 Å². The Labute approximate surface area is 172 Å². The van der Waals surface area contributed by atoms with Crippen LogP contribution in [0.3, 0.4) is 0 Å². The maximum absolute atomic E-state index is 2.45. The summed E-state index contributed by atoms with van der Waals surface area (Å²) in [7, 11) is -0.293. The van der Waals surface area contributed by atoms with Gasteiger partial charge in [0, 0.05) is 0 Å². The Morgan fingerprint density at radius 2 is 1.62 bits per heavy atom. The molecule has 0 heterocycles. The van der Waals surface area contributed by atoms with Crippen molar-refractivity contribution in [3.05, 3.63) is 70.5 Å². The molecule has 0 radical (unpaired) electrons. The number of benzene rings is 1. The third-order valence-corrected chi connectivity index (χ3v) is 12.3. The molecule has 0 spiro atoms. The van der Waals surface area contributed by atoms with E-state index in [0.29, 0.717) is 0 Å². The molecular formula is C20H24Cl2SiZr. The maximum Gasteiger partial charge on any atom is -1.00 e. The number of hydrogen-bond acceptors (Lipinski definition) is 0. The summed E-state index contributed by atoms with van der Waals surface area (Å²) in [5, 5.41) is 3.38. The van der Waals surface area contributed by atoms with Crippen LogP contribution in [0.5, 0.6) is 0 Å². The molecule has 0 saturated heterocycles. The summed E-state index contributed by atoms with van der Waals surface area (Å²) >= 11 is -0.553. The Hall–Kier alpha value is -0.140. The molecule has 0 aliphatic heterocycles. The van der Waals surface area contributed by atoms with Crippen LogP contribution in [0.4, 0.5) is 0 Å². The quantitative estimate of drug-likeness (QED) is 0.465. The molecule has 0 amide bonds. The SMILES string of the molecule is CC1=C(C)C(C)=[C]([Zr+2][C]2=C([SiH2]c3ccccc3C)C=CC2)C1.[Cl-].[Cl-]. The van der Waals surface area contributed by atoms with Gasteiger partial charge in [0.15, 0.2) is 0 Å². The average Bonchev–Trinajstić information content (AvgIpc) is 3.03. The molecule has 2 aliphatic rings. The van der Waals surface area contributed by atoms with Crippen LogP contribution >= 0.6 is 0 Å². The molecule has 1 aromatic rings. The van der Waals surface area contributed by atoms with Gasteiger partial charge in [-0.15, -0.1) is 0 Å². The smallest absolute Gasteiger partial charge is 1.00 e. The minimum atomic E-state index is -0.553. The standard InChI is InChI=1S/C12H13Si.C8H11.2ClH.Zr/c1-10-6-2-5-9-12(10)13-11-7-3-4-8-11;1-6-4-5-7(2)8(6)3;;;/h2-3,5-7,9H,4,13H2,1H3;4H2,1-3H3;2*1H;/q;;;;+2/p-2. The molecule has 1 aromatic carbocycles. The molecule has 24 heavy (non-hydrogen) atoms. The molecular weight excluding hydrogens is 430 g/mol. The van der Waals surface area contributed by atoms with Crippen LogP contribution in [0.15, 0.2) is 64.9 Å². The molecule has 0 aromatic heterocycles.